The van der Waals surface area contributed by atoms with Gasteiger partial charge in [0.25, 0.3) is 5.56 Å². The molecule has 1 aromatic heterocycles. The van der Waals surface area contributed by atoms with Crippen LogP contribution in [-0.2, 0) is 35.5 Å². The fourth-order valence-electron chi connectivity index (χ4n) is 4.72. The Balaban J connectivity index is 1.54. The highest BCUT2D eigenvalue weighted by Crippen LogP contribution is 2.11. The molecule has 2 amide bonds. The van der Waals surface area contributed by atoms with Crippen molar-refractivity contribution in [2.75, 3.05) is 45.1 Å². The van der Waals surface area contributed by atoms with Crippen LogP contribution in [0, 0.1) is 0 Å². The van der Waals surface area contributed by atoms with E-state index in [2.05, 4.69) is 38.4 Å². The maximum absolute atomic E-state index is 13.3. The van der Waals surface area contributed by atoms with E-state index in [0.717, 1.165) is 43.6 Å². The van der Waals surface area contributed by atoms with Crippen LogP contribution in [0.2, 0.25) is 5.15 Å². The first-order chi connectivity index (χ1) is 19.9. The normalized spacial score (nSPS) is 18.5. The van der Waals surface area contributed by atoms with Gasteiger partial charge >= 0.3 is 0 Å². The maximum Gasteiger partial charge on any atom is 0.294 e. The Morgan fingerprint density at radius 1 is 0.951 bits per heavy atom. The van der Waals surface area contributed by atoms with Crippen molar-refractivity contribution in [3.05, 3.63) is 93.0 Å². The number of rotatable bonds is 2. The predicted octanol–water partition coefficient (Wildman–Crippen LogP) is 1.82. The molecule has 0 saturated heterocycles. The van der Waals surface area contributed by atoms with Gasteiger partial charge < -0.3 is 21.3 Å². The number of aromatic nitrogens is 2. The number of carbonyl (C=O) groups is 2. The van der Waals surface area contributed by atoms with Crippen molar-refractivity contribution in [1.29, 1.82) is 0 Å². The summed E-state index contributed by atoms with van der Waals surface area (Å²) in [6.07, 6.45) is 3.68. The number of fused-ring (bicyclic) bond motifs is 4. The van der Waals surface area contributed by atoms with Gasteiger partial charge in [-0.15, -0.1) is 0 Å². The SMILES string of the molecule is CN1CCCNCCc2cccc(c2)CNC(=O)Cn2c(Cl)cnc(c2=O)N[C@@H](Cc2ccccc2)CNC(=O)C1. The summed E-state index contributed by atoms with van der Waals surface area (Å²) in [4.78, 5) is 45.1. The average Bonchev–Trinajstić information content (AvgIpc) is 2.96. The highest BCUT2D eigenvalue weighted by atomic mass is 35.5. The van der Waals surface area contributed by atoms with Gasteiger partial charge in [0.1, 0.15) is 11.7 Å². The number of amides is 2. The van der Waals surface area contributed by atoms with Gasteiger partial charge in [0.05, 0.1) is 12.7 Å². The molecule has 0 saturated carbocycles. The number of benzene rings is 2. The minimum atomic E-state index is -0.510. The van der Waals surface area contributed by atoms with E-state index >= 15 is 0 Å². The topological polar surface area (TPSA) is 120 Å². The summed E-state index contributed by atoms with van der Waals surface area (Å²) in [6, 6.07) is 17.6. The van der Waals surface area contributed by atoms with Gasteiger partial charge in [0, 0.05) is 19.1 Å². The Kier molecular flexibility index (Phi) is 11.3. The van der Waals surface area contributed by atoms with Crippen LogP contribution in [0.25, 0.3) is 0 Å². The second kappa shape index (κ2) is 15.3. The minimum Gasteiger partial charge on any atom is -0.361 e. The van der Waals surface area contributed by atoms with E-state index in [1.54, 1.807) is 0 Å². The number of halogens is 1. The van der Waals surface area contributed by atoms with Crippen molar-refractivity contribution in [3.63, 3.8) is 0 Å². The van der Waals surface area contributed by atoms with E-state index in [0.29, 0.717) is 13.0 Å². The average molecular weight is 580 g/mol. The maximum atomic E-state index is 13.3. The third-order valence-electron chi connectivity index (χ3n) is 6.90. The molecule has 10 nitrogen and oxygen atoms in total. The molecule has 4 rings (SSSR count). The van der Waals surface area contributed by atoms with Gasteiger partial charge in [-0.25, -0.2) is 4.98 Å². The molecule has 1 aliphatic rings. The van der Waals surface area contributed by atoms with E-state index in [9.17, 15) is 14.4 Å². The molecule has 1 aliphatic heterocycles. The van der Waals surface area contributed by atoms with Gasteiger partial charge in [0.15, 0.2) is 5.82 Å². The summed E-state index contributed by atoms with van der Waals surface area (Å²) >= 11 is 6.29. The molecular formula is C30H38ClN7O3. The Labute approximate surface area is 245 Å². The largest absolute Gasteiger partial charge is 0.361 e. The summed E-state index contributed by atoms with van der Waals surface area (Å²) in [5, 5.41) is 12.6. The molecule has 2 heterocycles. The van der Waals surface area contributed by atoms with Crippen molar-refractivity contribution in [2.45, 2.75) is 38.4 Å². The molecule has 0 radical (unpaired) electrons. The molecule has 11 heteroatoms. The van der Waals surface area contributed by atoms with Crippen molar-refractivity contribution in [3.8, 4) is 0 Å². The minimum absolute atomic E-state index is 0.0617. The van der Waals surface area contributed by atoms with Crippen LogP contribution in [0.15, 0.2) is 65.6 Å². The fourth-order valence-corrected chi connectivity index (χ4v) is 4.91. The molecule has 41 heavy (non-hydrogen) atoms. The zero-order valence-corrected chi connectivity index (χ0v) is 24.1. The molecule has 3 aromatic rings. The van der Waals surface area contributed by atoms with Gasteiger partial charge in [-0.1, -0.05) is 66.2 Å². The molecular weight excluding hydrogens is 542 g/mol. The number of carbonyl (C=O) groups excluding carboxylic acids is 2. The van der Waals surface area contributed by atoms with Gasteiger partial charge in [-0.05, 0) is 62.6 Å². The highest BCUT2D eigenvalue weighted by molar-refractivity contribution is 6.29. The van der Waals surface area contributed by atoms with E-state index < -0.39 is 5.56 Å². The number of likely N-dealkylation sites (N-methyl/N-ethyl adjacent to an activating group) is 1. The van der Waals surface area contributed by atoms with Crippen molar-refractivity contribution in [1.82, 2.24) is 30.4 Å². The van der Waals surface area contributed by atoms with Crippen LogP contribution in [-0.4, -0.2) is 72.1 Å². The number of anilines is 1. The molecule has 0 spiro atoms. The van der Waals surface area contributed by atoms with E-state index in [-0.39, 0.29) is 48.5 Å². The lowest BCUT2D eigenvalue weighted by Gasteiger charge is -2.22. The molecule has 4 bridgehead atoms. The molecule has 0 fully saturated rings. The van der Waals surface area contributed by atoms with Crippen molar-refractivity contribution >= 4 is 29.2 Å². The Bertz CT molecular complexity index is 1370. The highest BCUT2D eigenvalue weighted by Gasteiger charge is 2.18. The first-order valence-corrected chi connectivity index (χ1v) is 14.3. The standard InChI is InChI=1S/C30H38ClN7O3/c1-37-14-6-12-32-13-11-23-9-5-10-24(15-23)17-33-28(40)21-38-26(31)19-35-29(30(38)41)36-25(18-34-27(39)20-37)16-22-7-3-2-4-8-22/h2-5,7-10,15,19,25,32H,6,11-14,16-18,20-21H2,1H3,(H,33,40)(H,34,39)(H,35,36)/t25-/m0/s1. The summed E-state index contributed by atoms with van der Waals surface area (Å²) in [5.41, 5.74) is 2.68. The van der Waals surface area contributed by atoms with E-state index in [4.69, 9.17) is 11.6 Å². The second-order valence-corrected chi connectivity index (χ2v) is 10.7. The fraction of sp³-hybridized carbons (Fsp3) is 0.400. The van der Waals surface area contributed by atoms with Crippen molar-refractivity contribution < 1.29 is 9.59 Å². The summed E-state index contributed by atoms with van der Waals surface area (Å²) < 4.78 is 1.19. The summed E-state index contributed by atoms with van der Waals surface area (Å²) in [7, 11) is 1.93. The molecule has 4 N–H and O–H groups in total. The van der Waals surface area contributed by atoms with Gasteiger partial charge in [-0.3, -0.25) is 23.9 Å². The third-order valence-corrected chi connectivity index (χ3v) is 7.20. The lowest BCUT2D eigenvalue weighted by Crippen LogP contribution is -2.43. The number of nitrogens with one attached hydrogen (secondary N) is 4. The zero-order valence-electron chi connectivity index (χ0n) is 23.4. The van der Waals surface area contributed by atoms with Crippen LogP contribution >= 0.6 is 11.6 Å². The van der Waals surface area contributed by atoms with Gasteiger partial charge in [-0.2, -0.15) is 0 Å². The van der Waals surface area contributed by atoms with E-state index in [1.165, 1.54) is 16.3 Å². The Morgan fingerprint density at radius 3 is 2.56 bits per heavy atom. The van der Waals surface area contributed by atoms with Crippen LogP contribution < -0.4 is 26.8 Å². The first kappa shape index (κ1) is 30.2. The third kappa shape index (κ3) is 9.70. The van der Waals surface area contributed by atoms with Crippen LogP contribution in [0.5, 0.6) is 0 Å². The monoisotopic (exact) mass is 579 g/mol. The molecule has 218 valence electrons. The molecule has 1 atom stereocenters. The lowest BCUT2D eigenvalue weighted by molar-refractivity contribution is -0.122. The summed E-state index contributed by atoms with van der Waals surface area (Å²) in [6.45, 7) is 3.13. The quantitative estimate of drug-likeness (QED) is 0.365. The number of hydrogen-bond donors (Lipinski definition) is 4. The van der Waals surface area contributed by atoms with Crippen LogP contribution in [0.4, 0.5) is 5.82 Å². The Morgan fingerprint density at radius 2 is 1.73 bits per heavy atom. The number of nitrogens with zero attached hydrogens (tertiary/aromatic N) is 3. The molecule has 0 aliphatic carbocycles. The van der Waals surface area contributed by atoms with E-state index in [1.807, 2.05) is 54.4 Å². The van der Waals surface area contributed by atoms with Crippen molar-refractivity contribution in [2.24, 2.45) is 0 Å². The number of hydrogen-bond acceptors (Lipinski definition) is 7. The lowest BCUT2D eigenvalue weighted by atomic mass is 10.1. The first-order valence-electron chi connectivity index (χ1n) is 13.9. The smallest absolute Gasteiger partial charge is 0.294 e. The van der Waals surface area contributed by atoms with Crippen LogP contribution in [0.1, 0.15) is 23.1 Å². The molecule has 2 aromatic carbocycles. The van der Waals surface area contributed by atoms with Gasteiger partial charge in [0.2, 0.25) is 11.8 Å². The zero-order chi connectivity index (χ0) is 29.0. The van der Waals surface area contributed by atoms with Crippen LogP contribution in [0.3, 0.4) is 0 Å². The Hall–Kier alpha value is -3.73. The molecule has 0 unspecified atom stereocenters. The second-order valence-electron chi connectivity index (χ2n) is 10.3. The summed E-state index contributed by atoms with van der Waals surface area (Å²) in [5.74, 6) is -0.376. The predicted molar refractivity (Wildman–Crippen MR) is 161 cm³/mol.